The topological polar surface area (TPSA) is 132 Å². The molecule has 2 aromatic rings. The van der Waals surface area contributed by atoms with E-state index in [2.05, 4.69) is 10.3 Å². The van der Waals surface area contributed by atoms with E-state index in [-0.39, 0.29) is 30.2 Å². The molecule has 0 aliphatic heterocycles. The smallest absolute Gasteiger partial charge is 0.413 e. The first-order valence-electron chi connectivity index (χ1n) is 9.71. The van der Waals surface area contributed by atoms with E-state index in [0.717, 1.165) is 0 Å². The average molecular weight is 510 g/mol. The molecule has 0 spiro atoms. The Labute approximate surface area is 193 Å². The molecule has 0 bridgehead atoms. The molecule has 1 aromatic carbocycles. The lowest BCUT2D eigenvalue weighted by Gasteiger charge is -2.17. The third-order valence-corrected chi connectivity index (χ3v) is 5.40. The van der Waals surface area contributed by atoms with Gasteiger partial charge in [-0.05, 0) is 12.8 Å². The van der Waals surface area contributed by atoms with Crippen LogP contribution in [0.25, 0.3) is 0 Å². The summed E-state index contributed by atoms with van der Waals surface area (Å²) in [4.78, 5) is 38.6. The molecule has 1 heterocycles. The Bertz CT molecular complexity index is 1040. The zero-order valence-electron chi connectivity index (χ0n) is 17.3. The molecule has 0 fully saturated rings. The quantitative estimate of drug-likeness (QED) is 0.0917. The minimum Gasteiger partial charge on any atom is -0.465 e. The van der Waals surface area contributed by atoms with Gasteiger partial charge in [0.05, 0.1) is 18.7 Å². The first-order valence-corrected chi connectivity index (χ1v) is 10.6. The third-order valence-electron chi connectivity index (χ3n) is 4.49. The molecule has 0 aliphatic carbocycles. The maximum atomic E-state index is 13.9. The molecule has 3 amide bonds. The van der Waals surface area contributed by atoms with Crippen LogP contribution in [-0.2, 0) is 22.6 Å². The summed E-state index contributed by atoms with van der Waals surface area (Å²) < 4.78 is 67.9. The van der Waals surface area contributed by atoms with Gasteiger partial charge in [-0.3, -0.25) is 14.8 Å². The second-order valence-corrected chi connectivity index (χ2v) is 7.75. The van der Waals surface area contributed by atoms with E-state index in [9.17, 15) is 41.4 Å². The fraction of sp³-hybridized carbons (Fsp3) is 0.368. The van der Waals surface area contributed by atoms with Crippen molar-refractivity contribution >= 4 is 34.4 Å². The van der Waals surface area contributed by atoms with Gasteiger partial charge in [0.2, 0.25) is 17.6 Å². The second kappa shape index (κ2) is 12.2. The molecule has 0 unspecified atom stereocenters. The Hall–Kier alpha value is -3.33. The van der Waals surface area contributed by atoms with Crippen molar-refractivity contribution in [2.45, 2.75) is 38.6 Å². The van der Waals surface area contributed by atoms with E-state index in [1.165, 1.54) is 10.9 Å². The normalized spacial score (nSPS) is 10.8. The lowest BCUT2D eigenvalue weighted by atomic mass is 10.1. The van der Waals surface area contributed by atoms with Crippen molar-refractivity contribution in [3.8, 4) is 0 Å². The predicted octanol–water partition coefficient (Wildman–Crippen LogP) is 3.25. The fourth-order valence-corrected chi connectivity index (χ4v) is 3.58. The molecule has 0 radical (unpaired) electrons. The minimum atomic E-state index is -2.36. The lowest BCUT2D eigenvalue weighted by Crippen LogP contribution is -2.30. The summed E-state index contributed by atoms with van der Waals surface area (Å²) in [5.74, 6) is -12.0. The van der Waals surface area contributed by atoms with Crippen LogP contribution in [-0.4, -0.2) is 39.8 Å². The molecular formula is C19H19F5N4O5S. The van der Waals surface area contributed by atoms with Crippen LogP contribution in [0.4, 0.5) is 31.9 Å². The molecule has 2 rings (SSSR count). The van der Waals surface area contributed by atoms with Crippen LogP contribution < -0.4 is 15.7 Å². The predicted molar refractivity (Wildman–Crippen MR) is 108 cm³/mol. The van der Waals surface area contributed by atoms with Crippen molar-refractivity contribution in [1.29, 1.82) is 0 Å². The molecular weight excluding hydrogens is 491 g/mol. The van der Waals surface area contributed by atoms with Crippen molar-refractivity contribution in [3.05, 3.63) is 45.7 Å². The molecule has 0 atom stereocenters. The summed E-state index contributed by atoms with van der Waals surface area (Å²) >= 11 is 0.699. The summed E-state index contributed by atoms with van der Waals surface area (Å²) in [6, 6.07) is 0. The van der Waals surface area contributed by atoms with Gasteiger partial charge in [-0.15, -0.1) is 11.3 Å². The van der Waals surface area contributed by atoms with Gasteiger partial charge >= 0.3 is 6.09 Å². The Kier molecular flexibility index (Phi) is 9.68. The highest BCUT2D eigenvalue weighted by atomic mass is 32.1. The third kappa shape index (κ3) is 6.84. The standard InChI is InChI=1S/C19H19F5N4O5S/c20-13-10(14(21)16(23)17(24)15(13)22)7-28(19(31)32)18-26-9(8-34-18)6-12(30)25-5-3-1-2-4-11(29)27-33/h8,33H,1-7H2,(H,25,30)(H,27,29)(H,31,32). The van der Waals surface area contributed by atoms with Crippen molar-refractivity contribution < 1.29 is 46.6 Å². The molecule has 9 nitrogen and oxygen atoms in total. The number of amides is 3. The number of thiazole rings is 1. The number of nitrogens with zero attached hydrogens (tertiary/aromatic N) is 2. The number of hydrogen-bond donors (Lipinski definition) is 4. The van der Waals surface area contributed by atoms with Crippen LogP contribution in [0.5, 0.6) is 0 Å². The highest BCUT2D eigenvalue weighted by Gasteiger charge is 2.29. The first kappa shape index (κ1) is 26.9. The number of anilines is 1. The Morgan fingerprint density at radius 3 is 2.15 bits per heavy atom. The summed E-state index contributed by atoms with van der Waals surface area (Å²) in [6.07, 6.45) is -0.201. The molecule has 0 aliphatic rings. The van der Waals surface area contributed by atoms with Crippen LogP contribution in [0.2, 0.25) is 0 Å². The summed E-state index contributed by atoms with van der Waals surface area (Å²) in [5, 5.41) is 21.3. The molecule has 186 valence electrons. The van der Waals surface area contributed by atoms with Gasteiger partial charge in [-0.25, -0.2) is 42.1 Å². The number of nitrogens with one attached hydrogen (secondary N) is 2. The van der Waals surface area contributed by atoms with E-state index in [1.807, 2.05) is 0 Å². The van der Waals surface area contributed by atoms with Crippen molar-refractivity contribution in [2.24, 2.45) is 0 Å². The number of carbonyl (C=O) groups is 3. The lowest BCUT2D eigenvalue weighted by molar-refractivity contribution is -0.129. The van der Waals surface area contributed by atoms with E-state index in [0.29, 0.717) is 35.5 Å². The second-order valence-electron chi connectivity index (χ2n) is 6.91. The number of rotatable bonds is 11. The highest BCUT2D eigenvalue weighted by molar-refractivity contribution is 7.14. The van der Waals surface area contributed by atoms with Gasteiger partial charge in [0.15, 0.2) is 28.4 Å². The maximum Gasteiger partial charge on any atom is 0.413 e. The monoisotopic (exact) mass is 510 g/mol. The number of carboxylic acid groups (broad SMARTS) is 1. The van der Waals surface area contributed by atoms with Crippen molar-refractivity contribution in [3.63, 3.8) is 0 Å². The van der Waals surface area contributed by atoms with Gasteiger partial charge in [0.25, 0.3) is 0 Å². The molecule has 0 saturated heterocycles. The van der Waals surface area contributed by atoms with Gasteiger partial charge < -0.3 is 10.4 Å². The number of carbonyl (C=O) groups excluding carboxylic acids is 2. The Morgan fingerprint density at radius 2 is 1.56 bits per heavy atom. The average Bonchev–Trinajstić information content (AvgIpc) is 3.25. The molecule has 1 aromatic heterocycles. The number of hydroxylamine groups is 1. The maximum absolute atomic E-state index is 13.9. The largest absolute Gasteiger partial charge is 0.465 e. The summed E-state index contributed by atoms with van der Waals surface area (Å²) in [7, 11) is 0. The van der Waals surface area contributed by atoms with Crippen LogP contribution in [0, 0.1) is 29.1 Å². The molecule has 4 N–H and O–H groups in total. The molecule has 0 saturated carbocycles. The zero-order valence-corrected chi connectivity index (χ0v) is 18.2. The number of hydrogen-bond acceptors (Lipinski definition) is 6. The van der Waals surface area contributed by atoms with Crippen LogP contribution in [0.1, 0.15) is 36.9 Å². The number of aromatic nitrogens is 1. The number of unbranched alkanes of at least 4 members (excludes halogenated alkanes) is 2. The van der Waals surface area contributed by atoms with Gasteiger partial charge in [0, 0.05) is 23.9 Å². The van der Waals surface area contributed by atoms with Gasteiger partial charge in [-0.1, -0.05) is 6.42 Å². The van der Waals surface area contributed by atoms with Crippen molar-refractivity contribution in [1.82, 2.24) is 15.8 Å². The zero-order chi connectivity index (χ0) is 25.4. The Morgan fingerprint density at radius 1 is 0.941 bits per heavy atom. The highest BCUT2D eigenvalue weighted by Crippen LogP contribution is 2.28. The number of benzene rings is 1. The summed E-state index contributed by atoms with van der Waals surface area (Å²) in [5.41, 5.74) is 0.287. The fourth-order valence-electron chi connectivity index (χ4n) is 2.76. The molecule has 34 heavy (non-hydrogen) atoms. The number of halogens is 5. The first-order chi connectivity index (χ1) is 16.1. The van der Waals surface area contributed by atoms with E-state index >= 15 is 0 Å². The minimum absolute atomic E-state index is 0.126. The van der Waals surface area contributed by atoms with E-state index < -0.39 is 59.1 Å². The van der Waals surface area contributed by atoms with Crippen LogP contribution in [0.3, 0.4) is 0 Å². The van der Waals surface area contributed by atoms with E-state index in [1.54, 1.807) is 0 Å². The Balaban J connectivity index is 1.99. The van der Waals surface area contributed by atoms with Crippen molar-refractivity contribution in [2.75, 3.05) is 11.4 Å². The van der Waals surface area contributed by atoms with E-state index in [4.69, 9.17) is 5.21 Å². The van der Waals surface area contributed by atoms with Crippen LogP contribution >= 0.6 is 11.3 Å². The SMILES string of the molecule is O=C(CCCCCNC(=O)Cc1csc(N(Cc2c(F)c(F)c(F)c(F)c2F)C(=O)O)n1)NO. The summed E-state index contributed by atoms with van der Waals surface area (Å²) in [6.45, 7) is -0.910. The van der Waals surface area contributed by atoms with Gasteiger partial charge in [0.1, 0.15) is 0 Å². The molecule has 15 heteroatoms. The van der Waals surface area contributed by atoms with Crippen LogP contribution in [0.15, 0.2) is 5.38 Å². The van der Waals surface area contributed by atoms with Gasteiger partial charge in [-0.2, -0.15) is 0 Å².